The molecule has 0 saturated carbocycles. The molecule has 4 N–H and O–H groups in total. The Bertz CT molecular complexity index is 646. The SMILES string of the molecule is NC(=O)C1CC[NH+](CC(=O)Nc2c(F)c(F)c(F)c(F)c2F)CC1. The van der Waals surface area contributed by atoms with E-state index in [1.54, 1.807) is 5.32 Å². The summed E-state index contributed by atoms with van der Waals surface area (Å²) in [5, 5.41) is 1.72. The largest absolute Gasteiger partial charge is 0.369 e. The minimum Gasteiger partial charge on any atom is -0.369 e. The monoisotopic (exact) mass is 352 g/mol. The molecule has 10 heteroatoms. The molecule has 1 aliphatic heterocycles. The molecule has 24 heavy (non-hydrogen) atoms. The highest BCUT2D eigenvalue weighted by Crippen LogP contribution is 2.26. The summed E-state index contributed by atoms with van der Waals surface area (Å²) in [5.74, 6) is -12.3. The van der Waals surface area contributed by atoms with Crippen molar-refractivity contribution < 1.29 is 36.4 Å². The maximum atomic E-state index is 13.5. The van der Waals surface area contributed by atoms with E-state index in [2.05, 4.69) is 0 Å². The second kappa shape index (κ2) is 7.12. The number of amides is 2. The highest BCUT2D eigenvalue weighted by molar-refractivity contribution is 5.91. The molecule has 0 aliphatic carbocycles. The van der Waals surface area contributed by atoms with Gasteiger partial charge in [0.15, 0.2) is 29.8 Å². The molecule has 0 spiro atoms. The first-order valence-corrected chi connectivity index (χ1v) is 7.16. The zero-order chi connectivity index (χ0) is 18.0. The summed E-state index contributed by atoms with van der Waals surface area (Å²) in [6, 6.07) is 0. The third-order valence-corrected chi connectivity index (χ3v) is 3.98. The van der Waals surface area contributed by atoms with Crippen molar-refractivity contribution in [1.29, 1.82) is 0 Å². The molecule has 2 rings (SSSR count). The van der Waals surface area contributed by atoms with Crippen molar-refractivity contribution in [3.8, 4) is 0 Å². The van der Waals surface area contributed by atoms with E-state index in [0.717, 1.165) is 0 Å². The van der Waals surface area contributed by atoms with Crippen LogP contribution in [0.2, 0.25) is 0 Å². The standard InChI is InChI=1S/C14H14F5N3O2/c15-8-9(16)11(18)13(12(19)10(8)17)21-7(23)5-22-3-1-6(2-4-22)14(20)24/h6H,1-5H2,(H2,20,24)(H,21,23)/p+1. The Kier molecular flexibility index (Phi) is 5.37. The van der Waals surface area contributed by atoms with Gasteiger partial charge in [0.1, 0.15) is 5.69 Å². The molecule has 0 atom stereocenters. The number of benzene rings is 1. The van der Waals surface area contributed by atoms with Gasteiger partial charge in [0.05, 0.1) is 13.1 Å². The number of carbonyl (C=O) groups is 2. The third kappa shape index (κ3) is 3.64. The number of likely N-dealkylation sites (tertiary alicyclic amines) is 1. The van der Waals surface area contributed by atoms with Crippen LogP contribution in [0.25, 0.3) is 0 Å². The summed E-state index contributed by atoms with van der Waals surface area (Å²) in [4.78, 5) is 23.6. The van der Waals surface area contributed by atoms with Crippen molar-refractivity contribution in [2.24, 2.45) is 11.7 Å². The first kappa shape index (κ1) is 18.1. The molecule has 0 aromatic heterocycles. The lowest BCUT2D eigenvalue weighted by molar-refractivity contribution is -0.897. The van der Waals surface area contributed by atoms with E-state index in [-0.39, 0.29) is 12.5 Å². The van der Waals surface area contributed by atoms with E-state index in [9.17, 15) is 31.5 Å². The first-order valence-electron chi connectivity index (χ1n) is 7.16. The normalized spacial score (nSPS) is 20.7. The number of quaternary nitrogens is 1. The zero-order valence-corrected chi connectivity index (χ0v) is 12.4. The van der Waals surface area contributed by atoms with E-state index in [1.807, 2.05) is 0 Å². The van der Waals surface area contributed by atoms with Gasteiger partial charge in [-0.2, -0.15) is 0 Å². The van der Waals surface area contributed by atoms with Crippen LogP contribution in [0.3, 0.4) is 0 Å². The second-order valence-corrected chi connectivity index (χ2v) is 5.60. The summed E-state index contributed by atoms with van der Waals surface area (Å²) >= 11 is 0. The zero-order valence-electron chi connectivity index (χ0n) is 12.4. The fourth-order valence-corrected chi connectivity index (χ4v) is 2.61. The molecule has 0 radical (unpaired) electrons. The van der Waals surface area contributed by atoms with E-state index < -0.39 is 46.6 Å². The molecule has 1 heterocycles. The fraction of sp³-hybridized carbons (Fsp3) is 0.429. The van der Waals surface area contributed by atoms with Gasteiger partial charge < -0.3 is 16.0 Å². The smallest absolute Gasteiger partial charge is 0.279 e. The van der Waals surface area contributed by atoms with Crippen LogP contribution < -0.4 is 16.0 Å². The van der Waals surface area contributed by atoms with Crippen LogP contribution in [-0.2, 0) is 9.59 Å². The van der Waals surface area contributed by atoms with Crippen molar-refractivity contribution in [2.45, 2.75) is 12.8 Å². The molecule has 132 valence electrons. The molecule has 1 aliphatic rings. The van der Waals surface area contributed by atoms with Gasteiger partial charge in [-0.15, -0.1) is 0 Å². The van der Waals surface area contributed by atoms with Crippen molar-refractivity contribution in [1.82, 2.24) is 0 Å². The summed E-state index contributed by atoms with van der Waals surface area (Å²) in [5.41, 5.74) is 3.80. The van der Waals surface area contributed by atoms with Gasteiger partial charge in [-0.1, -0.05) is 0 Å². The molecule has 1 aromatic rings. The average molecular weight is 352 g/mol. The summed E-state index contributed by atoms with van der Waals surface area (Å²) in [6.45, 7) is 0.626. The van der Waals surface area contributed by atoms with Crippen molar-refractivity contribution in [3.05, 3.63) is 29.1 Å². The van der Waals surface area contributed by atoms with Crippen molar-refractivity contribution >= 4 is 17.5 Å². The summed E-state index contributed by atoms with van der Waals surface area (Å²) < 4.78 is 66.0. The molecule has 0 unspecified atom stereocenters. The van der Waals surface area contributed by atoms with Crippen LogP contribution in [0.5, 0.6) is 0 Å². The van der Waals surface area contributed by atoms with Gasteiger partial charge in [-0.25, -0.2) is 22.0 Å². The molecule has 5 nitrogen and oxygen atoms in total. The molecule has 1 fully saturated rings. The van der Waals surface area contributed by atoms with Gasteiger partial charge in [-0.3, -0.25) is 9.59 Å². The fourth-order valence-electron chi connectivity index (χ4n) is 2.61. The summed E-state index contributed by atoms with van der Waals surface area (Å²) in [6.07, 6.45) is 0.918. The third-order valence-electron chi connectivity index (χ3n) is 3.98. The first-order chi connectivity index (χ1) is 11.2. The number of hydrogen-bond acceptors (Lipinski definition) is 2. The molecule has 1 aromatic carbocycles. The lowest BCUT2D eigenvalue weighted by atomic mass is 9.96. The lowest BCUT2D eigenvalue weighted by Crippen LogP contribution is -3.14. The van der Waals surface area contributed by atoms with Crippen LogP contribution in [-0.4, -0.2) is 31.4 Å². The number of anilines is 1. The Hall–Kier alpha value is -2.23. The Morgan fingerprint density at radius 1 is 0.958 bits per heavy atom. The number of nitrogens with two attached hydrogens (primary N) is 1. The lowest BCUT2D eigenvalue weighted by Gasteiger charge is -2.27. The number of nitrogens with one attached hydrogen (secondary N) is 2. The minimum atomic E-state index is -2.29. The van der Waals surface area contributed by atoms with E-state index >= 15 is 0 Å². The van der Waals surface area contributed by atoms with Gasteiger partial charge in [0.25, 0.3) is 5.91 Å². The highest BCUT2D eigenvalue weighted by Gasteiger charge is 2.30. The van der Waals surface area contributed by atoms with Crippen LogP contribution in [0, 0.1) is 35.0 Å². The number of rotatable bonds is 4. The number of piperidine rings is 1. The van der Waals surface area contributed by atoms with Crippen molar-refractivity contribution in [3.63, 3.8) is 0 Å². The van der Waals surface area contributed by atoms with Crippen LogP contribution in [0.1, 0.15) is 12.8 Å². The molecule has 1 saturated heterocycles. The molecular formula is C14H15F5N3O2+. The van der Waals surface area contributed by atoms with Crippen LogP contribution in [0.15, 0.2) is 0 Å². The molecule has 0 bridgehead atoms. The Morgan fingerprint density at radius 2 is 1.42 bits per heavy atom. The quantitative estimate of drug-likeness (QED) is 0.408. The number of primary amides is 1. The predicted molar refractivity (Wildman–Crippen MR) is 72.3 cm³/mol. The van der Waals surface area contributed by atoms with Gasteiger partial charge in [-0.05, 0) is 0 Å². The van der Waals surface area contributed by atoms with E-state index in [0.29, 0.717) is 30.8 Å². The van der Waals surface area contributed by atoms with Gasteiger partial charge in [0.2, 0.25) is 11.7 Å². The van der Waals surface area contributed by atoms with Gasteiger partial charge >= 0.3 is 0 Å². The predicted octanol–water partition coefficient (Wildman–Crippen LogP) is 0.101. The molecule has 2 amide bonds. The molecular weight excluding hydrogens is 337 g/mol. The van der Waals surface area contributed by atoms with Crippen molar-refractivity contribution in [2.75, 3.05) is 25.0 Å². The van der Waals surface area contributed by atoms with Gasteiger partial charge in [0, 0.05) is 18.8 Å². The average Bonchev–Trinajstić information content (AvgIpc) is 2.55. The Balaban J connectivity index is 2.03. The number of halogens is 5. The Labute approximate surface area is 133 Å². The topological polar surface area (TPSA) is 76.6 Å². The number of carbonyl (C=O) groups excluding carboxylic acids is 2. The van der Waals surface area contributed by atoms with Crippen LogP contribution >= 0.6 is 0 Å². The Morgan fingerprint density at radius 3 is 1.88 bits per heavy atom. The maximum Gasteiger partial charge on any atom is 0.279 e. The minimum absolute atomic E-state index is 0.231. The second-order valence-electron chi connectivity index (χ2n) is 5.60. The van der Waals surface area contributed by atoms with E-state index in [4.69, 9.17) is 5.73 Å². The van der Waals surface area contributed by atoms with E-state index in [1.165, 1.54) is 0 Å². The summed E-state index contributed by atoms with van der Waals surface area (Å²) in [7, 11) is 0. The number of hydrogen-bond donors (Lipinski definition) is 3. The highest BCUT2D eigenvalue weighted by atomic mass is 19.2. The van der Waals surface area contributed by atoms with Crippen LogP contribution in [0.4, 0.5) is 27.6 Å². The maximum absolute atomic E-state index is 13.5.